The molecule has 2 N–H and O–H groups in total. The first-order valence-corrected chi connectivity index (χ1v) is 7.27. The van der Waals surface area contributed by atoms with E-state index in [0.717, 1.165) is 25.4 Å². The largest absolute Gasteiger partial charge is 0.387 e. The molecule has 98 valence electrons. The molecule has 0 radical (unpaired) electrons. The fourth-order valence-electron chi connectivity index (χ4n) is 2.90. The van der Waals surface area contributed by atoms with Crippen molar-refractivity contribution in [1.82, 2.24) is 0 Å². The summed E-state index contributed by atoms with van der Waals surface area (Å²) in [5.41, 5.74) is 6.07. The molecule has 3 heteroatoms. The summed E-state index contributed by atoms with van der Waals surface area (Å²) in [6.45, 7) is 1.79. The number of aliphatic imine (C=N–C) groups is 1. The number of amidine groups is 1. The molecule has 1 aliphatic heterocycles. The lowest BCUT2D eigenvalue weighted by molar-refractivity contribution is 0.0129. The number of hydrogen-bond donors (Lipinski definition) is 1. The van der Waals surface area contributed by atoms with Crippen LogP contribution < -0.4 is 5.73 Å². The fourth-order valence-corrected chi connectivity index (χ4v) is 2.90. The monoisotopic (exact) mass is 238 g/mol. The van der Waals surface area contributed by atoms with Crippen molar-refractivity contribution in [3.8, 4) is 0 Å². The summed E-state index contributed by atoms with van der Waals surface area (Å²) in [6, 6.07) is 0. The molecule has 0 bridgehead atoms. The quantitative estimate of drug-likeness (QED) is 0.604. The third-order valence-corrected chi connectivity index (χ3v) is 4.04. The Morgan fingerprint density at radius 1 is 1.06 bits per heavy atom. The molecular weight excluding hydrogens is 212 g/mol. The minimum atomic E-state index is 0.437. The molecule has 2 aliphatic rings. The average Bonchev–Trinajstić information content (AvgIpc) is 2.41. The van der Waals surface area contributed by atoms with Crippen LogP contribution in [0.15, 0.2) is 4.99 Å². The van der Waals surface area contributed by atoms with E-state index in [1.165, 1.54) is 51.4 Å². The van der Waals surface area contributed by atoms with Gasteiger partial charge in [-0.2, -0.15) is 0 Å². The number of hydrogen-bond acceptors (Lipinski definition) is 2. The van der Waals surface area contributed by atoms with Gasteiger partial charge in [0.25, 0.3) is 0 Å². The number of ether oxygens (including phenoxy) is 1. The Hall–Kier alpha value is -0.570. The maximum absolute atomic E-state index is 6.07. The van der Waals surface area contributed by atoms with Crippen LogP contribution in [0.2, 0.25) is 0 Å². The molecule has 0 spiro atoms. The molecule has 17 heavy (non-hydrogen) atoms. The van der Waals surface area contributed by atoms with Gasteiger partial charge in [-0.25, -0.2) is 0 Å². The van der Waals surface area contributed by atoms with E-state index >= 15 is 0 Å². The third-order valence-electron chi connectivity index (χ3n) is 4.04. The Labute approximate surface area is 105 Å². The Morgan fingerprint density at radius 2 is 1.82 bits per heavy atom. The number of nitrogens with zero attached hydrogens (tertiary/aromatic N) is 1. The number of rotatable bonds is 4. The zero-order chi connectivity index (χ0) is 11.9. The lowest BCUT2D eigenvalue weighted by Crippen LogP contribution is -2.27. The molecule has 0 aromatic heterocycles. The molecule has 1 saturated heterocycles. The van der Waals surface area contributed by atoms with Gasteiger partial charge in [0.15, 0.2) is 0 Å². The topological polar surface area (TPSA) is 47.6 Å². The Kier molecular flexibility index (Phi) is 5.30. The molecule has 1 atom stereocenters. The van der Waals surface area contributed by atoms with Crippen LogP contribution in [0.5, 0.6) is 0 Å². The van der Waals surface area contributed by atoms with Crippen molar-refractivity contribution < 1.29 is 4.74 Å². The predicted octanol–water partition coefficient (Wildman–Crippen LogP) is 2.88. The summed E-state index contributed by atoms with van der Waals surface area (Å²) in [5, 5.41) is 0. The first kappa shape index (κ1) is 12.9. The summed E-state index contributed by atoms with van der Waals surface area (Å²) in [7, 11) is 0. The van der Waals surface area contributed by atoms with Gasteiger partial charge in [0.05, 0.1) is 11.9 Å². The lowest BCUT2D eigenvalue weighted by Gasteiger charge is -2.23. The molecule has 3 nitrogen and oxygen atoms in total. The maximum Gasteiger partial charge on any atom is 0.0968 e. The second kappa shape index (κ2) is 7.00. The highest BCUT2D eigenvalue weighted by atomic mass is 16.5. The molecule has 1 aliphatic carbocycles. The van der Waals surface area contributed by atoms with E-state index in [1.54, 1.807) is 0 Å². The van der Waals surface area contributed by atoms with Crippen LogP contribution in [0.4, 0.5) is 0 Å². The standard InChI is InChI=1S/C14H26N2O/c15-14(12-6-2-1-3-7-12)16-10-9-13-8-4-5-11-17-13/h12-13H,1-11H2,(H2,15,16). The van der Waals surface area contributed by atoms with E-state index in [-0.39, 0.29) is 0 Å². The zero-order valence-corrected chi connectivity index (χ0v) is 10.9. The van der Waals surface area contributed by atoms with E-state index in [0.29, 0.717) is 12.0 Å². The minimum absolute atomic E-state index is 0.437. The van der Waals surface area contributed by atoms with Crippen LogP contribution in [0.3, 0.4) is 0 Å². The molecule has 0 amide bonds. The highest BCUT2D eigenvalue weighted by Crippen LogP contribution is 2.23. The smallest absolute Gasteiger partial charge is 0.0968 e. The van der Waals surface area contributed by atoms with Crippen LogP contribution in [-0.4, -0.2) is 25.1 Å². The van der Waals surface area contributed by atoms with E-state index in [4.69, 9.17) is 10.5 Å². The molecule has 0 aromatic rings. The molecule has 1 unspecified atom stereocenters. The van der Waals surface area contributed by atoms with Gasteiger partial charge in [-0.1, -0.05) is 19.3 Å². The maximum atomic E-state index is 6.07. The molecular formula is C14H26N2O. The van der Waals surface area contributed by atoms with Crippen molar-refractivity contribution in [3.63, 3.8) is 0 Å². The van der Waals surface area contributed by atoms with E-state index in [9.17, 15) is 0 Å². The molecule has 1 heterocycles. The lowest BCUT2D eigenvalue weighted by atomic mass is 9.88. The van der Waals surface area contributed by atoms with Crippen LogP contribution >= 0.6 is 0 Å². The van der Waals surface area contributed by atoms with Crippen LogP contribution in [-0.2, 0) is 4.74 Å². The van der Waals surface area contributed by atoms with E-state index < -0.39 is 0 Å². The zero-order valence-electron chi connectivity index (χ0n) is 10.9. The SMILES string of the molecule is NC(=NCCC1CCCCO1)C1CCCCC1. The van der Waals surface area contributed by atoms with Crippen molar-refractivity contribution in [2.45, 2.75) is 63.9 Å². The van der Waals surface area contributed by atoms with Crippen LogP contribution in [0, 0.1) is 5.92 Å². The summed E-state index contributed by atoms with van der Waals surface area (Å²) >= 11 is 0. The highest BCUT2D eigenvalue weighted by molar-refractivity contribution is 5.82. The van der Waals surface area contributed by atoms with Crippen molar-refractivity contribution in [1.29, 1.82) is 0 Å². The third kappa shape index (κ3) is 4.30. The van der Waals surface area contributed by atoms with E-state index in [1.807, 2.05) is 0 Å². The molecule has 1 saturated carbocycles. The molecule has 2 fully saturated rings. The van der Waals surface area contributed by atoms with Gasteiger partial charge in [0, 0.05) is 19.1 Å². The van der Waals surface area contributed by atoms with Crippen molar-refractivity contribution in [3.05, 3.63) is 0 Å². The number of nitrogens with two attached hydrogens (primary N) is 1. The second-order valence-electron chi connectivity index (χ2n) is 5.42. The first-order chi connectivity index (χ1) is 8.36. The summed E-state index contributed by atoms with van der Waals surface area (Å²) in [6.07, 6.45) is 11.7. The summed E-state index contributed by atoms with van der Waals surface area (Å²) in [4.78, 5) is 4.56. The Bertz CT molecular complexity index is 241. The van der Waals surface area contributed by atoms with Gasteiger partial charge >= 0.3 is 0 Å². The van der Waals surface area contributed by atoms with Crippen molar-refractivity contribution in [2.24, 2.45) is 16.6 Å². The molecule has 2 rings (SSSR count). The molecule has 0 aromatic carbocycles. The minimum Gasteiger partial charge on any atom is -0.387 e. The van der Waals surface area contributed by atoms with Crippen molar-refractivity contribution in [2.75, 3.05) is 13.2 Å². The summed E-state index contributed by atoms with van der Waals surface area (Å²) in [5.74, 6) is 1.47. The van der Waals surface area contributed by atoms with Gasteiger partial charge in [-0.3, -0.25) is 4.99 Å². The summed E-state index contributed by atoms with van der Waals surface area (Å²) < 4.78 is 5.70. The Balaban J connectivity index is 1.67. The normalized spacial score (nSPS) is 28.2. The second-order valence-corrected chi connectivity index (χ2v) is 5.42. The van der Waals surface area contributed by atoms with Gasteiger partial charge in [-0.15, -0.1) is 0 Å². The van der Waals surface area contributed by atoms with Gasteiger partial charge in [-0.05, 0) is 38.5 Å². The van der Waals surface area contributed by atoms with Crippen LogP contribution in [0.25, 0.3) is 0 Å². The van der Waals surface area contributed by atoms with Crippen molar-refractivity contribution >= 4 is 5.84 Å². The fraction of sp³-hybridized carbons (Fsp3) is 0.929. The van der Waals surface area contributed by atoms with Gasteiger partial charge in [0.2, 0.25) is 0 Å². The average molecular weight is 238 g/mol. The predicted molar refractivity (Wildman–Crippen MR) is 71.3 cm³/mol. The van der Waals surface area contributed by atoms with Gasteiger partial charge in [0.1, 0.15) is 0 Å². The van der Waals surface area contributed by atoms with E-state index in [2.05, 4.69) is 4.99 Å². The van der Waals surface area contributed by atoms with Crippen LogP contribution in [0.1, 0.15) is 57.8 Å². The Morgan fingerprint density at radius 3 is 2.53 bits per heavy atom. The van der Waals surface area contributed by atoms with Gasteiger partial charge < -0.3 is 10.5 Å². The first-order valence-electron chi connectivity index (χ1n) is 7.27. The highest BCUT2D eigenvalue weighted by Gasteiger charge is 2.17.